The molecule has 6 nitrogen and oxygen atoms in total. The minimum absolute atomic E-state index is 0.00346. The molecule has 114 valence electrons. The van der Waals surface area contributed by atoms with E-state index in [-0.39, 0.29) is 28.8 Å². The highest BCUT2D eigenvalue weighted by atomic mass is 35.5. The van der Waals surface area contributed by atoms with Gasteiger partial charge in [0, 0.05) is 16.7 Å². The summed E-state index contributed by atoms with van der Waals surface area (Å²) in [6.07, 6.45) is 0. The molecule has 0 aromatic heterocycles. The fourth-order valence-electron chi connectivity index (χ4n) is 1.76. The van der Waals surface area contributed by atoms with Crippen molar-refractivity contribution < 1.29 is 19.2 Å². The van der Waals surface area contributed by atoms with E-state index in [9.17, 15) is 14.9 Å². The molecule has 0 spiro atoms. The number of ketones is 1. The standard InChI is InChI=1S/C15H12ClNO5/c1-21-12-5-2-10(3-6-12)14(18)9-22-15-7-4-11(16)8-13(15)17(19)20/h2-8H,9H2,1H3. The van der Waals surface area contributed by atoms with Gasteiger partial charge in [-0.3, -0.25) is 14.9 Å². The number of hydrogen-bond donors (Lipinski definition) is 0. The van der Waals surface area contributed by atoms with Crippen LogP contribution < -0.4 is 9.47 Å². The highest BCUT2D eigenvalue weighted by molar-refractivity contribution is 6.30. The van der Waals surface area contributed by atoms with Crippen molar-refractivity contribution in [3.05, 3.63) is 63.2 Å². The van der Waals surface area contributed by atoms with Crippen LogP contribution in [0.4, 0.5) is 5.69 Å². The van der Waals surface area contributed by atoms with E-state index in [4.69, 9.17) is 21.1 Å². The number of rotatable bonds is 6. The van der Waals surface area contributed by atoms with Crippen LogP contribution in [0.5, 0.6) is 11.5 Å². The monoisotopic (exact) mass is 321 g/mol. The molecule has 7 heteroatoms. The molecule has 2 rings (SSSR count). The van der Waals surface area contributed by atoms with Crippen LogP contribution in [0.25, 0.3) is 0 Å². The number of nitrogens with zero attached hydrogens (tertiary/aromatic N) is 1. The summed E-state index contributed by atoms with van der Waals surface area (Å²) in [5.74, 6) is 0.328. The average Bonchev–Trinajstić information content (AvgIpc) is 2.53. The summed E-state index contributed by atoms with van der Waals surface area (Å²) in [5.41, 5.74) is 0.146. The van der Waals surface area contributed by atoms with E-state index in [0.717, 1.165) is 0 Å². The van der Waals surface area contributed by atoms with Gasteiger partial charge in [0.25, 0.3) is 0 Å². The minimum Gasteiger partial charge on any atom is -0.497 e. The van der Waals surface area contributed by atoms with Crippen LogP contribution in [0.1, 0.15) is 10.4 Å². The van der Waals surface area contributed by atoms with Gasteiger partial charge < -0.3 is 9.47 Å². The average molecular weight is 322 g/mol. The topological polar surface area (TPSA) is 78.7 Å². The van der Waals surface area contributed by atoms with Crippen molar-refractivity contribution in [2.24, 2.45) is 0 Å². The highest BCUT2D eigenvalue weighted by Gasteiger charge is 2.17. The summed E-state index contributed by atoms with van der Waals surface area (Å²) < 4.78 is 10.2. The number of hydrogen-bond acceptors (Lipinski definition) is 5. The van der Waals surface area contributed by atoms with Crippen molar-refractivity contribution in [1.82, 2.24) is 0 Å². The largest absolute Gasteiger partial charge is 0.497 e. The molecule has 0 aliphatic carbocycles. The van der Waals surface area contributed by atoms with E-state index in [1.165, 1.54) is 25.3 Å². The quantitative estimate of drug-likeness (QED) is 0.462. The number of benzene rings is 2. The fraction of sp³-hybridized carbons (Fsp3) is 0.133. The summed E-state index contributed by atoms with van der Waals surface area (Å²) >= 11 is 5.71. The third kappa shape index (κ3) is 3.73. The number of carbonyl (C=O) groups excluding carboxylic acids is 1. The maximum Gasteiger partial charge on any atom is 0.312 e. The number of ether oxygens (including phenoxy) is 2. The van der Waals surface area contributed by atoms with Crippen molar-refractivity contribution in [3.63, 3.8) is 0 Å². The van der Waals surface area contributed by atoms with Crippen LogP contribution in [0.3, 0.4) is 0 Å². The number of halogens is 1. The first-order chi connectivity index (χ1) is 10.5. The lowest BCUT2D eigenvalue weighted by Gasteiger charge is -2.07. The number of methoxy groups -OCH3 is 1. The lowest BCUT2D eigenvalue weighted by Crippen LogP contribution is -2.12. The number of nitro groups is 1. The van der Waals surface area contributed by atoms with Crippen LogP contribution in [0, 0.1) is 10.1 Å². The van der Waals surface area contributed by atoms with Crippen LogP contribution in [0.15, 0.2) is 42.5 Å². The zero-order valence-electron chi connectivity index (χ0n) is 11.6. The van der Waals surface area contributed by atoms with Crippen molar-refractivity contribution in [2.75, 3.05) is 13.7 Å². The molecular formula is C15H12ClNO5. The number of carbonyl (C=O) groups is 1. The van der Waals surface area contributed by atoms with E-state index in [1.807, 2.05) is 0 Å². The smallest absolute Gasteiger partial charge is 0.312 e. The summed E-state index contributed by atoms with van der Waals surface area (Å²) in [6, 6.07) is 10.5. The third-order valence-electron chi connectivity index (χ3n) is 2.89. The maximum absolute atomic E-state index is 12.0. The van der Waals surface area contributed by atoms with Gasteiger partial charge in [0.1, 0.15) is 5.75 Å². The molecule has 0 heterocycles. The molecule has 0 fully saturated rings. The minimum atomic E-state index is -0.612. The summed E-state index contributed by atoms with van der Waals surface area (Å²) in [4.78, 5) is 22.3. The van der Waals surface area contributed by atoms with Gasteiger partial charge in [-0.2, -0.15) is 0 Å². The maximum atomic E-state index is 12.0. The Hall–Kier alpha value is -2.60. The first-order valence-electron chi connectivity index (χ1n) is 6.25. The Morgan fingerprint density at radius 2 is 1.91 bits per heavy atom. The van der Waals surface area contributed by atoms with Crippen LogP contribution >= 0.6 is 11.6 Å². The van der Waals surface area contributed by atoms with Crippen molar-refractivity contribution >= 4 is 23.1 Å². The van der Waals surface area contributed by atoms with E-state index < -0.39 is 4.92 Å². The Morgan fingerprint density at radius 3 is 2.50 bits per heavy atom. The Kier molecular flexibility index (Phi) is 4.95. The fourth-order valence-corrected chi connectivity index (χ4v) is 1.93. The molecule has 0 N–H and O–H groups in total. The van der Waals surface area contributed by atoms with E-state index in [0.29, 0.717) is 11.3 Å². The second-order valence-electron chi connectivity index (χ2n) is 4.31. The molecule has 0 saturated heterocycles. The zero-order valence-corrected chi connectivity index (χ0v) is 12.4. The number of nitro benzene ring substituents is 1. The first kappa shape index (κ1) is 15.8. The molecule has 0 saturated carbocycles. The van der Waals surface area contributed by atoms with Gasteiger partial charge in [0.15, 0.2) is 18.1 Å². The van der Waals surface area contributed by atoms with Gasteiger partial charge in [-0.15, -0.1) is 0 Å². The Bertz CT molecular complexity index is 700. The SMILES string of the molecule is COc1ccc(C(=O)COc2ccc(Cl)cc2[N+](=O)[O-])cc1. The third-order valence-corrected chi connectivity index (χ3v) is 3.12. The molecule has 0 atom stereocenters. The van der Waals surface area contributed by atoms with E-state index >= 15 is 0 Å². The van der Waals surface area contributed by atoms with E-state index in [1.54, 1.807) is 24.3 Å². The summed E-state index contributed by atoms with van der Waals surface area (Å²) in [6.45, 7) is -0.311. The van der Waals surface area contributed by atoms with Crippen molar-refractivity contribution in [1.29, 1.82) is 0 Å². The molecule has 0 aliphatic rings. The summed E-state index contributed by atoms with van der Waals surface area (Å²) in [5, 5.41) is 11.1. The molecule has 2 aromatic carbocycles. The van der Waals surface area contributed by atoms with Gasteiger partial charge in [-0.05, 0) is 36.4 Å². The molecule has 22 heavy (non-hydrogen) atoms. The van der Waals surface area contributed by atoms with Crippen LogP contribution in [-0.2, 0) is 0 Å². The number of Topliss-reactive ketones (excluding diaryl/α,β-unsaturated/α-hetero) is 1. The second-order valence-corrected chi connectivity index (χ2v) is 4.75. The van der Waals surface area contributed by atoms with Crippen LogP contribution in [0.2, 0.25) is 5.02 Å². The summed E-state index contributed by atoms with van der Waals surface area (Å²) in [7, 11) is 1.53. The Labute approximate surface area is 131 Å². The van der Waals surface area contributed by atoms with Gasteiger partial charge in [-0.25, -0.2) is 0 Å². The lowest BCUT2D eigenvalue weighted by molar-refractivity contribution is -0.385. The van der Waals surface area contributed by atoms with Crippen molar-refractivity contribution in [3.8, 4) is 11.5 Å². The molecular weight excluding hydrogens is 310 g/mol. The normalized spacial score (nSPS) is 10.1. The molecule has 0 amide bonds. The van der Waals surface area contributed by atoms with Crippen molar-refractivity contribution in [2.45, 2.75) is 0 Å². The molecule has 0 bridgehead atoms. The second kappa shape index (κ2) is 6.91. The molecule has 0 radical (unpaired) electrons. The molecule has 0 aliphatic heterocycles. The van der Waals surface area contributed by atoms with Crippen LogP contribution in [-0.4, -0.2) is 24.4 Å². The Morgan fingerprint density at radius 1 is 1.23 bits per heavy atom. The Balaban J connectivity index is 2.09. The van der Waals surface area contributed by atoms with Gasteiger partial charge in [0.2, 0.25) is 0 Å². The molecule has 0 unspecified atom stereocenters. The van der Waals surface area contributed by atoms with Gasteiger partial charge in [-0.1, -0.05) is 11.6 Å². The zero-order chi connectivity index (χ0) is 16.1. The highest BCUT2D eigenvalue weighted by Crippen LogP contribution is 2.30. The first-order valence-corrected chi connectivity index (χ1v) is 6.63. The molecule has 2 aromatic rings. The van der Waals surface area contributed by atoms with E-state index in [2.05, 4.69) is 0 Å². The predicted octanol–water partition coefficient (Wildman–Crippen LogP) is 3.52. The predicted molar refractivity (Wildman–Crippen MR) is 80.9 cm³/mol. The van der Waals surface area contributed by atoms with Gasteiger partial charge in [0.05, 0.1) is 12.0 Å². The van der Waals surface area contributed by atoms with Gasteiger partial charge >= 0.3 is 5.69 Å². The lowest BCUT2D eigenvalue weighted by atomic mass is 10.1.